The summed E-state index contributed by atoms with van der Waals surface area (Å²) in [4.78, 5) is 18.9. The molecule has 0 fully saturated rings. The molecule has 2 aromatic carbocycles. The molecule has 0 amide bonds. The Morgan fingerprint density at radius 1 is 1.00 bits per heavy atom. The normalized spacial score (nSPS) is 13.5. The van der Waals surface area contributed by atoms with E-state index in [-0.39, 0.29) is 5.95 Å². The van der Waals surface area contributed by atoms with Crippen LogP contribution in [0.25, 0.3) is 11.0 Å². The lowest BCUT2D eigenvalue weighted by Crippen LogP contribution is -2.31. The van der Waals surface area contributed by atoms with Gasteiger partial charge in [-0.05, 0) is 29.7 Å². The van der Waals surface area contributed by atoms with Gasteiger partial charge in [-0.1, -0.05) is 36.4 Å². The van der Waals surface area contributed by atoms with E-state index in [0.717, 1.165) is 42.2 Å². The maximum absolute atomic E-state index is 5.98. The third-order valence-electron chi connectivity index (χ3n) is 5.06. The van der Waals surface area contributed by atoms with E-state index in [1.165, 1.54) is 11.1 Å². The average molecular weight is 371 g/mol. The minimum Gasteiger partial charge on any atom is -0.368 e. The number of imidazole rings is 1. The molecule has 0 atom stereocenters. The first-order valence-corrected chi connectivity index (χ1v) is 9.38. The molecule has 28 heavy (non-hydrogen) atoms. The van der Waals surface area contributed by atoms with Gasteiger partial charge in [-0.3, -0.25) is 0 Å². The van der Waals surface area contributed by atoms with Gasteiger partial charge in [0.1, 0.15) is 17.5 Å². The number of benzene rings is 2. The summed E-state index contributed by atoms with van der Waals surface area (Å²) in [5, 5.41) is 3.31. The summed E-state index contributed by atoms with van der Waals surface area (Å²) in [6.45, 7) is 2.28. The first-order chi connectivity index (χ1) is 13.7. The number of hydrogen-bond donors (Lipinski definition) is 3. The molecular formula is C21H21N7. The Morgan fingerprint density at radius 3 is 2.71 bits per heavy atom. The van der Waals surface area contributed by atoms with Crippen molar-refractivity contribution in [1.82, 2.24) is 19.9 Å². The largest absolute Gasteiger partial charge is 0.368 e. The highest BCUT2D eigenvalue weighted by molar-refractivity contribution is 5.74. The number of nitrogen functional groups attached to an aromatic ring is 1. The SMILES string of the molecule is Nc1nc(NCc2nc3ccccc3[nH]2)cc(N2CCc3ccccc3C2)n1. The third-order valence-corrected chi connectivity index (χ3v) is 5.06. The number of nitrogens with two attached hydrogens (primary N) is 1. The molecule has 0 unspecified atom stereocenters. The predicted molar refractivity (Wildman–Crippen MR) is 111 cm³/mol. The fraction of sp³-hybridized carbons (Fsp3) is 0.190. The Bertz CT molecular complexity index is 1100. The van der Waals surface area contributed by atoms with Crippen molar-refractivity contribution in [3.8, 4) is 0 Å². The van der Waals surface area contributed by atoms with Crippen molar-refractivity contribution in [2.45, 2.75) is 19.5 Å². The molecule has 4 N–H and O–H groups in total. The van der Waals surface area contributed by atoms with Crippen LogP contribution in [0.3, 0.4) is 0 Å². The van der Waals surface area contributed by atoms with Gasteiger partial charge in [-0.15, -0.1) is 0 Å². The highest BCUT2D eigenvalue weighted by Crippen LogP contribution is 2.25. The second-order valence-corrected chi connectivity index (χ2v) is 6.96. The van der Waals surface area contributed by atoms with Crippen LogP contribution < -0.4 is 16.0 Å². The van der Waals surface area contributed by atoms with Crippen LogP contribution in [0.5, 0.6) is 0 Å². The summed E-state index contributed by atoms with van der Waals surface area (Å²) in [7, 11) is 0. The van der Waals surface area contributed by atoms with E-state index in [2.05, 4.69) is 54.4 Å². The summed E-state index contributed by atoms with van der Waals surface area (Å²) in [5.74, 6) is 2.66. The molecular weight excluding hydrogens is 350 g/mol. The summed E-state index contributed by atoms with van der Waals surface area (Å²) in [6, 6.07) is 18.5. The number of hydrogen-bond acceptors (Lipinski definition) is 6. The number of anilines is 3. The minimum atomic E-state index is 0.267. The van der Waals surface area contributed by atoms with Crippen molar-refractivity contribution in [3.05, 3.63) is 71.5 Å². The molecule has 0 saturated heterocycles. The van der Waals surface area contributed by atoms with Crippen LogP contribution in [0.4, 0.5) is 17.6 Å². The van der Waals surface area contributed by atoms with Gasteiger partial charge in [0, 0.05) is 19.2 Å². The van der Waals surface area contributed by atoms with E-state index >= 15 is 0 Å². The zero-order chi connectivity index (χ0) is 18.9. The van der Waals surface area contributed by atoms with Crippen LogP contribution in [0.2, 0.25) is 0 Å². The predicted octanol–water partition coefficient (Wildman–Crippen LogP) is 3.11. The van der Waals surface area contributed by atoms with E-state index in [4.69, 9.17) is 5.73 Å². The van der Waals surface area contributed by atoms with Gasteiger partial charge in [0.2, 0.25) is 5.95 Å². The molecule has 4 aromatic rings. The minimum absolute atomic E-state index is 0.267. The summed E-state index contributed by atoms with van der Waals surface area (Å²) < 4.78 is 0. The molecule has 1 aliphatic heterocycles. The fourth-order valence-electron chi connectivity index (χ4n) is 3.66. The number of H-pyrrole nitrogens is 1. The number of para-hydroxylation sites is 2. The van der Waals surface area contributed by atoms with E-state index in [9.17, 15) is 0 Å². The molecule has 0 saturated carbocycles. The van der Waals surface area contributed by atoms with E-state index in [0.29, 0.717) is 12.4 Å². The molecule has 0 aliphatic carbocycles. The lowest BCUT2D eigenvalue weighted by Gasteiger charge is -2.30. The quantitative estimate of drug-likeness (QED) is 0.510. The summed E-state index contributed by atoms with van der Waals surface area (Å²) >= 11 is 0. The van der Waals surface area contributed by atoms with Crippen molar-refractivity contribution < 1.29 is 0 Å². The number of aromatic amines is 1. The smallest absolute Gasteiger partial charge is 0.223 e. The zero-order valence-corrected chi connectivity index (χ0v) is 15.4. The Labute approximate surface area is 162 Å². The monoisotopic (exact) mass is 371 g/mol. The molecule has 7 heteroatoms. The van der Waals surface area contributed by atoms with Gasteiger partial charge < -0.3 is 20.9 Å². The average Bonchev–Trinajstić information content (AvgIpc) is 3.14. The second-order valence-electron chi connectivity index (χ2n) is 6.96. The standard InChI is InChI=1S/C21H21N7/c22-21-26-18(23-12-19-24-16-7-3-4-8-17(16)25-19)11-20(27-21)28-10-9-14-5-1-2-6-15(14)13-28/h1-8,11H,9-10,12-13H2,(H,24,25)(H3,22,23,26,27). The molecule has 3 heterocycles. The van der Waals surface area contributed by atoms with Gasteiger partial charge >= 0.3 is 0 Å². The van der Waals surface area contributed by atoms with Gasteiger partial charge in [0.15, 0.2) is 0 Å². The van der Waals surface area contributed by atoms with Gasteiger partial charge in [0.25, 0.3) is 0 Å². The Balaban J connectivity index is 1.34. The number of nitrogens with zero attached hydrogens (tertiary/aromatic N) is 4. The van der Waals surface area contributed by atoms with E-state index in [1.54, 1.807) is 0 Å². The van der Waals surface area contributed by atoms with Crippen molar-refractivity contribution in [1.29, 1.82) is 0 Å². The molecule has 5 rings (SSSR count). The molecule has 1 aliphatic rings. The molecule has 7 nitrogen and oxygen atoms in total. The molecule has 0 radical (unpaired) electrons. The fourth-order valence-corrected chi connectivity index (χ4v) is 3.66. The Kier molecular flexibility index (Phi) is 4.05. The van der Waals surface area contributed by atoms with Crippen LogP contribution in [0, 0.1) is 0 Å². The lowest BCUT2D eigenvalue weighted by molar-refractivity contribution is 0.720. The first kappa shape index (κ1) is 16.6. The molecule has 0 spiro atoms. The van der Waals surface area contributed by atoms with Crippen molar-refractivity contribution >= 4 is 28.6 Å². The number of nitrogens with one attached hydrogen (secondary N) is 2. The van der Waals surface area contributed by atoms with Crippen molar-refractivity contribution in [2.24, 2.45) is 0 Å². The number of fused-ring (bicyclic) bond motifs is 2. The van der Waals surface area contributed by atoms with Gasteiger partial charge in [-0.25, -0.2) is 4.98 Å². The van der Waals surface area contributed by atoms with Crippen LogP contribution in [0.1, 0.15) is 17.0 Å². The van der Waals surface area contributed by atoms with Crippen LogP contribution >= 0.6 is 0 Å². The lowest BCUT2D eigenvalue weighted by atomic mass is 10.00. The van der Waals surface area contributed by atoms with Crippen LogP contribution in [0.15, 0.2) is 54.6 Å². The van der Waals surface area contributed by atoms with Crippen LogP contribution in [-0.4, -0.2) is 26.5 Å². The maximum atomic E-state index is 5.98. The number of rotatable bonds is 4. The summed E-state index contributed by atoms with van der Waals surface area (Å²) in [6.07, 6.45) is 1.00. The maximum Gasteiger partial charge on any atom is 0.223 e. The highest BCUT2D eigenvalue weighted by Gasteiger charge is 2.18. The third kappa shape index (κ3) is 3.22. The van der Waals surface area contributed by atoms with E-state index in [1.807, 2.05) is 30.3 Å². The highest BCUT2D eigenvalue weighted by atomic mass is 15.2. The van der Waals surface area contributed by atoms with Crippen molar-refractivity contribution in [3.63, 3.8) is 0 Å². The topological polar surface area (TPSA) is 95.8 Å². The van der Waals surface area contributed by atoms with Gasteiger partial charge in [-0.2, -0.15) is 9.97 Å². The van der Waals surface area contributed by atoms with Crippen LogP contribution in [-0.2, 0) is 19.5 Å². The Hall–Kier alpha value is -3.61. The Morgan fingerprint density at radius 2 is 1.82 bits per heavy atom. The van der Waals surface area contributed by atoms with E-state index < -0.39 is 0 Å². The first-order valence-electron chi connectivity index (χ1n) is 9.38. The number of aromatic nitrogens is 4. The second kappa shape index (κ2) is 6.84. The van der Waals surface area contributed by atoms with Crippen molar-refractivity contribution in [2.75, 3.05) is 22.5 Å². The molecule has 0 bridgehead atoms. The summed E-state index contributed by atoms with van der Waals surface area (Å²) in [5.41, 5.74) is 10.7. The molecule has 2 aromatic heterocycles. The zero-order valence-electron chi connectivity index (χ0n) is 15.4. The van der Waals surface area contributed by atoms with Gasteiger partial charge in [0.05, 0.1) is 17.6 Å². The molecule has 140 valence electrons.